The molecule has 0 atom stereocenters. The molecule has 0 saturated carbocycles. The molecule has 3 N–H and O–H groups in total. The minimum atomic E-state index is -0.566. The number of ether oxygens (including phenoxy) is 1. The number of nitrogens with two attached hydrogens (primary N) is 1. The van der Waals surface area contributed by atoms with Crippen molar-refractivity contribution in [2.24, 2.45) is 0 Å². The van der Waals surface area contributed by atoms with Crippen LogP contribution in [-0.4, -0.2) is 18.2 Å². The molecule has 0 aliphatic heterocycles. The number of carbonyl (C=O) groups is 1. The molecule has 0 aliphatic rings. The van der Waals surface area contributed by atoms with Gasteiger partial charge in [-0.05, 0) is 30.0 Å². The number of esters is 1. The molecule has 4 heteroatoms. The van der Waals surface area contributed by atoms with Gasteiger partial charge in [0.05, 0.1) is 7.11 Å². The lowest BCUT2D eigenvalue weighted by molar-refractivity contribution is 0.0596. The molecule has 0 aromatic heterocycles. The van der Waals surface area contributed by atoms with E-state index in [-0.39, 0.29) is 17.2 Å². The molecule has 0 spiro atoms. The van der Waals surface area contributed by atoms with E-state index in [0.29, 0.717) is 16.8 Å². The number of rotatable bonds is 2. The lowest BCUT2D eigenvalue weighted by Crippen LogP contribution is -2.08. The number of benzene rings is 1. The van der Waals surface area contributed by atoms with Crippen molar-refractivity contribution in [3.63, 3.8) is 0 Å². The number of carbonyl (C=O) groups excluding carboxylic acids is 1. The van der Waals surface area contributed by atoms with Gasteiger partial charge >= 0.3 is 5.97 Å². The van der Waals surface area contributed by atoms with Crippen LogP contribution >= 0.6 is 0 Å². The molecule has 1 rings (SSSR count). The summed E-state index contributed by atoms with van der Waals surface area (Å²) in [7, 11) is 1.28. The number of hydrogen-bond acceptors (Lipinski definition) is 4. The molecule has 16 heavy (non-hydrogen) atoms. The third kappa shape index (κ3) is 1.96. The van der Waals surface area contributed by atoms with Crippen LogP contribution in [0.5, 0.6) is 5.75 Å². The highest BCUT2D eigenvalue weighted by molar-refractivity contribution is 5.96. The van der Waals surface area contributed by atoms with Gasteiger partial charge in [0.2, 0.25) is 0 Å². The molecule has 0 fully saturated rings. The van der Waals surface area contributed by atoms with Crippen LogP contribution in [-0.2, 0) is 4.74 Å². The summed E-state index contributed by atoms with van der Waals surface area (Å²) >= 11 is 0. The monoisotopic (exact) mass is 223 g/mol. The number of hydrogen-bond donors (Lipinski definition) is 2. The minimum absolute atomic E-state index is 0.0337. The van der Waals surface area contributed by atoms with Gasteiger partial charge < -0.3 is 15.6 Å². The van der Waals surface area contributed by atoms with E-state index >= 15 is 0 Å². The summed E-state index contributed by atoms with van der Waals surface area (Å²) in [6, 6.07) is 1.70. The maximum atomic E-state index is 11.5. The highest BCUT2D eigenvalue weighted by Crippen LogP contribution is 2.35. The zero-order valence-electron chi connectivity index (χ0n) is 10.00. The van der Waals surface area contributed by atoms with E-state index < -0.39 is 5.97 Å². The zero-order chi connectivity index (χ0) is 12.5. The first-order chi connectivity index (χ1) is 7.40. The van der Waals surface area contributed by atoms with E-state index in [2.05, 4.69) is 4.74 Å². The second kappa shape index (κ2) is 4.43. The summed E-state index contributed by atoms with van der Waals surface area (Å²) in [6.07, 6.45) is 0. The van der Waals surface area contributed by atoms with Crippen LogP contribution in [0.15, 0.2) is 6.07 Å². The lowest BCUT2D eigenvalue weighted by atomic mass is 9.94. The fraction of sp³-hybridized carbons (Fsp3) is 0.417. The van der Waals surface area contributed by atoms with Crippen molar-refractivity contribution >= 4 is 11.7 Å². The highest BCUT2D eigenvalue weighted by Gasteiger charge is 2.21. The topological polar surface area (TPSA) is 72.5 Å². The molecule has 0 bridgehead atoms. The highest BCUT2D eigenvalue weighted by atomic mass is 16.5. The van der Waals surface area contributed by atoms with Gasteiger partial charge in [-0.1, -0.05) is 13.8 Å². The molecule has 0 amide bonds. The van der Waals surface area contributed by atoms with Gasteiger partial charge in [0, 0.05) is 5.69 Å². The Hall–Kier alpha value is -1.71. The SMILES string of the molecule is COC(=O)c1c(C)c(N)cc(C(C)C)c1O. The Labute approximate surface area is 95.0 Å². The Morgan fingerprint density at radius 2 is 2.06 bits per heavy atom. The smallest absolute Gasteiger partial charge is 0.341 e. The lowest BCUT2D eigenvalue weighted by Gasteiger charge is -2.15. The van der Waals surface area contributed by atoms with Crippen molar-refractivity contribution in [3.8, 4) is 5.75 Å². The quantitative estimate of drug-likeness (QED) is 0.458. The second-order valence-corrected chi connectivity index (χ2v) is 4.05. The molecule has 1 aromatic carbocycles. The van der Waals surface area contributed by atoms with Crippen LogP contribution < -0.4 is 5.73 Å². The summed E-state index contributed by atoms with van der Waals surface area (Å²) in [6.45, 7) is 5.53. The van der Waals surface area contributed by atoms with Crippen molar-refractivity contribution in [2.75, 3.05) is 12.8 Å². The summed E-state index contributed by atoms with van der Waals surface area (Å²) in [5.41, 5.74) is 7.65. The molecule has 0 heterocycles. The molecule has 4 nitrogen and oxygen atoms in total. The van der Waals surface area contributed by atoms with E-state index in [4.69, 9.17) is 5.73 Å². The number of nitrogen functional groups attached to an aromatic ring is 1. The summed E-state index contributed by atoms with van der Waals surface area (Å²) in [5.74, 6) is -0.510. The fourth-order valence-corrected chi connectivity index (χ4v) is 1.60. The first-order valence-electron chi connectivity index (χ1n) is 5.10. The van der Waals surface area contributed by atoms with Crippen LogP contribution in [0.1, 0.15) is 41.3 Å². The Balaban J connectivity index is 3.52. The van der Waals surface area contributed by atoms with Crippen LogP contribution in [0, 0.1) is 6.92 Å². The molecule has 88 valence electrons. The van der Waals surface area contributed by atoms with Crippen LogP contribution in [0.25, 0.3) is 0 Å². The Morgan fingerprint density at radius 1 is 1.50 bits per heavy atom. The van der Waals surface area contributed by atoms with Gasteiger partial charge in [-0.2, -0.15) is 0 Å². The van der Waals surface area contributed by atoms with E-state index in [0.717, 1.165) is 0 Å². The molecule has 0 unspecified atom stereocenters. The van der Waals surface area contributed by atoms with Gasteiger partial charge in [-0.25, -0.2) is 4.79 Å². The molecule has 0 radical (unpaired) electrons. The Kier molecular flexibility index (Phi) is 3.42. The minimum Gasteiger partial charge on any atom is -0.507 e. The maximum Gasteiger partial charge on any atom is 0.341 e. The normalized spacial score (nSPS) is 10.6. The largest absolute Gasteiger partial charge is 0.507 e. The van der Waals surface area contributed by atoms with Gasteiger partial charge in [0.15, 0.2) is 0 Å². The number of methoxy groups -OCH3 is 1. The second-order valence-electron chi connectivity index (χ2n) is 4.05. The van der Waals surface area contributed by atoms with Crippen molar-refractivity contribution in [1.82, 2.24) is 0 Å². The van der Waals surface area contributed by atoms with Gasteiger partial charge in [-0.15, -0.1) is 0 Å². The van der Waals surface area contributed by atoms with Crippen molar-refractivity contribution < 1.29 is 14.6 Å². The summed E-state index contributed by atoms with van der Waals surface area (Å²) in [5, 5.41) is 10.0. The third-order valence-electron chi connectivity index (χ3n) is 2.64. The maximum absolute atomic E-state index is 11.5. The predicted octanol–water partition coefficient (Wildman–Crippen LogP) is 2.19. The summed E-state index contributed by atoms with van der Waals surface area (Å²) < 4.78 is 4.63. The van der Waals surface area contributed by atoms with E-state index in [9.17, 15) is 9.90 Å². The van der Waals surface area contributed by atoms with Gasteiger partial charge in [0.1, 0.15) is 11.3 Å². The average molecular weight is 223 g/mol. The molecular formula is C12H17NO3. The van der Waals surface area contributed by atoms with Gasteiger partial charge in [0.25, 0.3) is 0 Å². The molecular weight excluding hydrogens is 206 g/mol. The molecule has 1 aromatic rings. The fourth-order valence-electron chi connectivity index (χ4n) is 1.60. The first kappa shape index (κ1) is 12.4. The van der Waals surface area contributed by atoms with Crippen LogP contribution in [0.2, 0.25) is 0 Å². The van der Waals surface area contributed by atoms with E-state index in [1.165, 1.54) is 7.11 Å². The third-order valence-corrected chi connectivity index (χ3v) is 2.64. The zero-order valence-corrected chi connectivity index (χ0v) is 10.00. The van der Waals surface area contributed by atoms with Crippen molar-refractivity contribution in [1.29, 1.82) is 0 Å². The summed E-state index contributed by atoms with van der Waals surface area (Å²) in [4.78, 5) is 11.5. The number of phenols is 1. The number of aromatic hydroxyl groups is 1. The van der Waals surface area contributed by atoms with E-state index in [1.54, 1.807) is 13.0 Å². The molecule has 0 aliphatic carbocycles. The predicted molar refractivity (Wildman–Crippen MR) is 62.7 cm³/mol. The molecule has 0 saturated heterocycles. The Morgan fingerprint density at radius 3 is 2.50 bits per heavy atom. The van der Waals surface area contributed by atoms with E-state index in [1.807, 2.05) is 13.8 Å². The number of anilines is 1. The Bertz CT molecular complexity index is 425. The average Bonchev–Trinajstić information content (AvgIpc) is 2.22. The standard InChI is InChI=1S/C12H17NO3/c1-6(2)8-5-9(13)7(3)10(11(8)14)12(15)16-4/h5-6,14H,13H2,1-4H3. The number of phenolic OH excluding ortho intramolecular Hbond substituents is 1. The van der Waals surface area contributed by atoms with Crippen LogP contribution in [0.3, 0.4) is 0 Å². The van der Waals surface area contributed by atoms with Gasteiger partial charge in [-0.3, -0.25) is 0 Å². The van der Waals surface area contributed by atoms with Crippen molar-refractivity contribution in [3.05, 3.63) is 22.8 Å². The van der Waals surface area contributed by atoms with Crippen molar-refractivity contribution in [2.45, 2.75) is 26.7 Å². The van der Waals surface area contributed by atoms with Crippen LogP contribution in [0.4, 0.5) is 5.69 Å². The first-order valence-corrected chi connectivity index (χ1v) is 5.10.